The molecule has 9 aromatic carbocycles. The van der Waals surface area contributed by atoms with E-state index in [9.17, 15) is 0 Å². The maximum absolute atomic E-state index is 2.44. The summed E-state index contributed by atoms with van der Waals surface area (Å²) in [5.41, 5.74) is 9.98. The van der Waals surface area contributed by atoms with Crippen molar-refractivity contribution in [1.82, 2.24) is 0 Å². The second-order valence-corrected chi connectivity index (χ2v) is 12.1. The Hall–Kier alpha value is -5.98. The molecule has 0 heterocycles. The smallest absolute Gasteiger partial charge is 0.00199 e. The molecule has 0 aliphatic rings. The maximum Gasteiger partial charge on any atom is -0.00199 e. The van der Waals surface area contributed by atoms with E-state index < -0.39 is 0 Å². The Labute approximate surface area is 268 Å². The van der Waals surface area contributed by atoms with Gasteiger partial charge in [0.15, 0.2) is 0 Å². The Morgan fingerprint density at radius 2 is 0.717 bits per heavy atom. The molecule has 0 unspecified atom stereocenters. The molecule has 9 aromatic rings. The minimum atomic E-state index is 1.22. The first-order chi connectivity index (χ1) is 22.8. The molecule has 46 heavy (non-hydrogen) atoms. The van der Waals surface area contributed by atoms with Gasteiger partial charge in [0, 0.05) is 0 Å². The van der Waals surface area contributed by atoms with Gasteiger partial charge in [-0.25, -0.2) is 0 Å². The van der Waals surface area contributed by atoms with Gasteiger partial charge in [0.05, 0.1) is 0 Å². The van der Waals surface area contributed by atoms with Gasteiger partial charge < -0.3 is 0 Å². The number of hydrogen-bond acceptors (Lipinski definition) is 0. The second-order valence-electron chi connectivity index (χ2n) is 12.1. The summed E-state index contributed by atoms with van der Waals surface area (Å²) in [7, 11) is 0. The van der Waals surface area contributed by atoms with Crippen LogP contribution in [0.2, 0.25) is 0 Å². The van der Waals surface area contributed by atoms with E-state index in [0.717, 1.165) is 0 Å². The first kappa shape index (κ1) is 26.4. The van der Waals surface area contributed by atoms with Crippen molar-refractivity contribution in [3.63, 3.8) is 0 Å². The molecule has 0 aliphatic heterocycles. The van der Waals surface area contributed by atoms with Crippen LogP contribution in [-0.2, 0) is 0 Å². The molecular weight excluding hydrogens is 553 g/mol. The molecule has 0 bridgehead atoms. The molecule has 9 rings (SSSR count). The Kier molecular flexibility index (Phi) is 6.25. The van der Waals surface area contributed by atoms with Gasteiger partial charge in [-0.3, -0.25) is 0 Å². The molecule has 0 aliphatic carbocycles. The lowest BCUT2D eigenvalue weighted by Gasteiger charge is -2.20. The third kappa shape index (κ3) is 4.30. The lowest BCUT2D eigenvalue weighted by Crippen LogP contribution is -1.93. The summed E-state index contributed by atoms with van der Waals surface area (Å²) in [4.78, 5) is 0. The third-order valence-corrected chi connectivity index (χ3v) is 9.44. The molecule has 0 saturated carbocycles. The van der Waals surface area contributed by atoms with Gasteiger partial charge >= 0.3 is 0 Å². The van der Waals surface area contributed by atoms with Crippen molar-refractivity contribution in [1.29, 1.82) is 0 Å². The fourth-order valence-corrected chi connectivity index (χ4v) is 7.35. The van der Waals surface area contributed by atoms with Crippen LogP contribution in [-0.4, -0.2) is 0 Å². The Morgan fingerprint density at radius 3 is 1.46 bits per heavy atom. The van der Waals surface area contributed by atoms with Gasteiger partial charge in [-0.1, -0.05) is 170 Å². The molecule has 0 nitrogen and oxygen atoms in total. The highest BCUT2D eigenvalue weighted by Gasteiger charge is 2.19. The maximum atomic E-state index is 2.44. The average molecular weight is 583 g/mol. The van der Waals surface area contributed by atoms with Crippen molar-refractivity contribution in [3.8, 4) is 44.5 Å². The lowest BCUT2D eigenvalue weighted by molar-refractivity contribution is 1.61. The fourth-order valence-electron chi connectivity index (χ4n) is 7.35. The molecule has 0 amide bonds. The van der Waals surface area contributed by atoms with E-state index >= 15 is 0 Å². The van der Waals surface area contributed by atoms with E-state index in [2.05, 4.69) is 182 Å². The van der Waals surface area contributed by atoms with E-state index in [1.807, 2.05) is 0 Å². The van der Waals surface area contributed by atoms with Crippen molar-refractivity contribution < 1.29 is 0 Å². The summed E-state index contributed by atoms with van der Waals surface area (Å²) in [6.45, 7) is 0. The van der Waals surface area contributed by atoms with Crippen LogP contribution in [0.4, 0.5) is 0 Å². The van der Waals surface area contributed by atoms with Gasteiger partial charge in [-0.2, -0.15) is 0 Å². The Bertz CT molecular complexity index is 2560. The number of fused-ring (bicyclic) bond motifs is 4. The van der Waals surface area contributed by atoms with Gasteiger partial charge in [0.2, 0.25) is 0 Å². The van der Waals surface area contributed by atoms with E-state index in [1.165, 1.54) is 87.6 Å². The van der Waals surface area contributed by atoms with Crippen molar-refractivity contribution in [2.75, 3.05) is 0 Å². The van der Waals surface area contributed by atoms with Crippen LogP contribution in [0.3, 0.4) is 0 Å². The van der Waals surface area contributed by atoms with E-state index in [-0.39, 0.29) is 0 Å². The highest BCUT2D eigenvalue weighted by atomic mass is 14.2. The molecule has 0 radical (unpaired) electrons. The highest BCUT2D eigenvalue weighted by Crippen LogP contribution is 2.47. The minimum absolute atomic E-state index is 1.22. The molecule has 0 N–H and O–H groups in total. The first-order valence-corrected chi connectivity index (χ1v) is 15.9. The Morgan fingerprint density at radius 1 is 0.217 bits per heavy atom. The van der Waals surface area contributed by atoms with Crippen molar-refractivity contribution >= 4 is 43.1 Å². The zero-order valence-electron chi connectivity index (χ0n) is 25.3. The van der Waals surface area contributed by atoms with Crippen LogP contribution < -0.4 is 0 Å². The molecular formula is C46H30. The summed E-state index contributed by atoms with van der Waals surface area (Å²) in [5, 5.41) is 10.1. The van der Waals surface area contributed by atoms with Crippen LogP contribution in [0, 0.1) is 0 Å². The zero-order valence-corrected chi connectivity index (χ0v) is 25.3. The van der Waals surface area contributed by atoms with Crippen molar-refractivity contribution in [2.24, 2.45) is 0 Å². The van der Waals surface area contributed by atoms with E-state index in [1.54, 1.807) is 0 Å². The molecule has 0 spiro atoms. The van der Waals surface area contributed by atoms with Crippen LogP contribution in [0.5, 0.6) is 0 Å². The molecule has 214 valence electrons. The van der Waals surface area contributed by atoms with Gasteiger partial charge in [-0.05, 0) is 99.7 Å². The normalized spacial score (nSPS) is 11.5. The molecule has 0 atom stereocenters. The highest BCUT2D eigenvalue weighted by molar-refractivity contribution is 6.24. The topological polar surface area (TPSA) is 0 Å². The quantitative estimate of drug-likeness (QED) is 0.181. The SMILES string of the molecule is c1ccc(-c2cccc(-c3c4ccccc4c(-c4cccc5ccccc45)c4cc(-c5cccc6ccccc56)ccc34)c2)cc1. The zero-order chi connectivity index (χ0) is 30.5. The summed E-state index contributed by atoms with van der Waals surface area (Å²) >= 11 is 0. The summed E-state index contributed by atoms with van der Waals surface area (Å²) in [5.74, 6) is 0. The van der Waals surface area contributed by atoms with Crippen molar-refractivity contribution in [3.05, 3.63) is 182 Å². The fraction of sp³-hybridized carbons (Fsp3) is 0. The van der Waals surface area contributed by atoms with Gasteiger partial charge in [-0.15, -0.1) is 0 Å². The van der Waals surface area contributed by atoms with Gasteiger partial charge in [0.1, 0.15) is 0 Å². The van der Waals surface area contributed by atoms with Gasteiger partial charge in [0.25, 0.3) is 0 Å². The molecule has 0 heteroatoms. The summed E-state index contributed by atoms with van der Waals surface area (Å²) < 4.78 is 0. The largest absolute Gasteiger partial charge is 0.0622 e. The van der Waals surface area contributed by atoms with Crippen LogP contribution in [0.25, 0.3) is 87.6 Å². The lowest BCUT2D eigenvalue weighted by atomic mass is 9.83. The standard InChI is InChI=1S/C46H30/c1-2-13-31(14-3-1)34-19-10-20-36(29-34)45-41-23-8-9-24-42(41)46(40-26-12-18-33-16-5-7-22-38(33)40)44-30-35(27-28-43(44)45)39-25-11-17-32-15-4-6-21-37(32)39/h1-30H. The van der Waals surface area contributed by atoms with Crippen LogP contribution >= 0.6 is 0 Å². The van der Waals surface area contributed by atoms with E-state index in [0.29, 0.717) is 0 Å². The van der Waals surface area contributed by atoms with Crippen molar-refractivity contribution in [2.45, 2.75) is 0 Å². The summed E-state index contributed by atoms with van der Waals surface area (Å²) in [6, 6.07) is 66.6. The molecule has 0 fully saturated rings. The monoisotopic (exact) mass is 582 g/mol. The average Bonchev–Trinajstić information content (AvgIpc) is 3.13. The summed E-state index contributed by atoms with van der Waals surface area (Å²) in [6.07, 6.45) is 0. The predicted octanol–water partition coefficient (Wildman–Crippen LogP) is 13.0. The molecule has 0 aromatic heterocycles. The minimum Gasteiger partial charge on any atom is -0.0622 e. The first-order valence-electron chi connectivity index (χ1n) is 15.9. The Balaban J connectivity index is 1.42. The van der Waals surface area contributed by atoms with Crippen LogP contribution in [0.15, 0.2) is 182 Å². The van der Waals surface area contributed by atoms with E-state index in [4.69, 9.17) is 0 Å². The second kappa shape index (κ2) is 10.9. The number of hydrogen-bond donors (Lipinski definition) is 0. The third-order valence-electron chi connectivity index (χ3n) is 9.44. The predicted molar refractivity (Wildman–Crippen MR) is 198 cm³/mol. The molecule has 0 saturated heterocycles. The number of rotatable bonds is 4. The van der Waals surface area contributed by atoms with Crippen LogP contribution in [0.1, 0.15) is 0 Å². The number of benzene rings is 9.